The summed E-state index contributed by atoms with van der Waals surface area (Å²) >= 11 is 0. The van der Waals surface area contributed by atoms with Gasteiger partial charge in [0.25, 0.3) is 0 Å². The van der Waals surface area contributed by atoms with E-state index in [1.165, 1.54) is 0 Å². The number of hydrogen-bond acceptors (Lipinski definition) is 3. The van der Waals surface area contributed by atoms with Crippen LogP contribution in [-0.2, 0) is 14.3 Å². The first-order chi connectivity index (χ1) is 8.15. The summed E-state index contributed by atoms with van der Waals surface area (Å²) < 4.78 is 5.12. The smallest absolute Gasteiger partial charge is 0.308 e. The fourth-order valence-electron chi connectivity index (χ4n) is 2.16. The number of rotatable bonds is 6. The third-order valence-electron chi connectivity index (χ3n) is 3.01. The zero-order chi connectivity index (χ0) is 12.7. The minimum Gasteiger partial charge on any atom is -0.481 e. The number of carbonyl (C=O) groups excluding carboxylic acids is 1. The summed E-state index contributed by atoms with van der Waals surface area (Å²) in [5, 5.41) is 11.8. The van der Waals surface area contributed by atoms with E-state index in [2.05, 4.69) is 5.32 Å². The number of carboxylic acid groups (broad SMARTS) is 1. The minimum absolute atomic E-state index is 0.0245. The summed E-state index contributed by atoms with van der Waals surface area (Å²) in [5.74, 6) is -1.47. The molecule has 2 unspecified atom stereocenters. The van der Waals surface area contributed by atoms with Crippen LogP contribution in [0.5, 0.6) is 0 Å². The molecule has 0 aromatic heterocycles. The van der Waals surface area contributed by atoms with Crippen LogP contribution in [0.3, 0.4) is 0 Å². The van der Waals surface area contributed by atoms with E-state index in [0.717, 1.165) is 25.7 Å². The molecule has 1 saturated carbocycles. The molecule has 0 aliphatic heterocycles. The van der Waals surface area contributed by atoms with Gasteiger partial charge >= 0.3 is 5.97 Å². The van der Waals surface area contributed by atoms with Gasteiger partial charge in [-0.2, -0.15) is 0 Å². The molecule has 1 aliphatic carbocycles. The molecule has 0 aromatic carbocycles. The summed E-state index contributed by atoms with van der Waals surface area (Å²) in [7, 11) is 0. The van der Waals surface area contributed by atoms with Gasteiger partial charge in [-0.1, -0.05) is 19.8 Å². The molecule has 0 heterocycles. The second-order valence-corrected chi connectivity index (χ2v) is 4.46. The molecule has 1 fully saturated rings. The van der Waals surface area contributed by atoms with Gasteiger partial charge in [-0.05, 0) is 19.3 Å². The van der Waals surface area contributed by atoms with E-state index in [1.54, 1.807) is 0 Å². The van der Waals surface area contributed by atoms with Crippen molar-refractivity contribution in [1.29, 1.82) is 0 Å². The second kappa shape index (κ2) is 7.27. The van der Waals surface area contributed by atoms with Gasteiger partial charge in [-0.25, -0.2) is 0 Å². The zero-order valence-electron chi connectivity index (χ0n) is 10.3. The van der Waals surface area contributed by atoms with Gasteiger partial charge in [-0.15, -0.1) is 0 Å². The Hall–Kier alpha value is -1.10. The lowest BCUT2D eigenvalue weighted by molar-refractivity contribution is -0.144. The largest absolute Gasteiger partial charge is 0.481 e. The molecule has 2 atom stereocenters. The Morgan fingerprint density at radius 3 is 2.71 bits per heavy atom. The van der Waals surface area contributed by atoms with E-state index in [4.69, 9.17) is 9.84 Å². The van der Waals surface area contributed by atoms with Crippen LogP contribution < -0.4 is 5.32 Å². The van der Waals surface area contributed by atoms with Gasteiger partial charge in [0.1, 0.15) is 6.61 Å². The van der Waals surface area contributed by atoms with Crippen molar-refractivity contribution in [3.63, 3.8) is 0 Å². The first-order valence-corrected chi connectivity index (χ1v) is 6.25. The van der Waals surface area contributed by atoms with Gasteiger partial charge in [0.2, 0.25) is 5.91 Å². The molecular weight excluding hydrogens is 222 g/mol. The third-order valence-corrected chi connectivity index (χ3v) is 3.01. The van der Waals surface area contributed by atoms with E-state index in [0.29, 0.717) is 13.0 Å². The van der Waals surface area contributed by atoms with Crippen LogP contribution in [0.4, 0.5) is 0 Å². The van der Waals surface area contributed by atoms with Crippen molar-refractivity contribution >= 4 is 11.9 Å². The van der Waals surface area contributed by atoms with Gasteiger partial charge in [0.15, 0.2) is 0 Å². The molecule has 5 heteroatoms. The molecule has 0 spiro atoms. The topological polar surface area (TPSA) is 75.6 Å². The molecule has 1 rings (SSSR count). The van der Waals surface area contributed by atoms with E-state index < -0.39 is 11.9 Å². The fourth-order valence-corrected chi connectivity index (χ4v) is 2.16. The van der Waals surface area contributed by atoms with Crippen molar-refractivity contribution in [2.75, 3.05) is 13.2 Å². The van der Waals surface area contributed by atoms with Gasteiger partial charge in [0.05, 0.1) is 5.92 Å². The number of amides is 1. The first kappa shape index (κ1) is 14.0. The number of carboxylic acids is 1. The number of aliphatic carboxylic acids is 1. The van der Waals surface area contributed by atoms with Crippen molar-refractivity contribution < 1.29 is 19.4 Å². The number of hydrogen-bond donors (Lipinski definition) is 2. The summed E-state index contributed by atoms with van der Waals surface area (Å²) in [6, 6.07) is -0.237. The van der Waals surface area contributed by atoms with Gasteiger partial charge in [0, 0.05) is 12.6 Å². The molecule has 17 heavy (non-hydrogen) atoms. The molecule has 5 nitrogen and oxygen atoms in total. The molecule has 2 N–H and O–H groups in total. The third kappa shape index (κ3) is 4.73. The van der Waals surface area contributed by atoms with Crippen molar-refractivity contribution in [2.24, 2.45) is 5.92 Å². The van der Waals surface area contributed by atoms with Crippen LogP contribution in [0, 0.1) is 5.92 Å². The predicted octanol–water partition coefficient (Wildman–Crippen LogP) is 1.17. The summed E-state index contributed by atoms with van der Waals surface area (Å²) in [5.41, 5.74) is 0. The standard InChI is InChI=1S/C12H21NO4/c1-2-7-17-8-11(14)13-10-6-4-3-5-9(10)12(15)16/h9-10H,2-8H2,1H3,(H,13,14)(H,15,16). The normalized spacial score (nSPS) is 24.3. The highest BCUT2D eigenvalue weighted by Crippen LogP contribution is 2.24. The quantitative estimate of drug-likeness (QED) is 0.687. The Labute approximate surface area is 102 Å². The Balaban J connectivity index is 2.36. The van der Waals surface area contributed by atoms with Crippen molar-refractivity contribution in [3.8, 4) is 0 Å². The lowest BCUT2D eigenvalue weighted by atomic mass is 9.84. The average molecular weight is 243 g/mol. The summed E-state index contributed by atoms with van der Waals surface area (Å²) in [6.45, 7) is 2.55. The van der Waals surface area contributed by atoms with Gasteiger partial charge in [-0.3, -0.25) is 9.59 Å². The maximum Gasteiger partial charge on any atom is 0.308 e. The summed E-state index contributed by atoms with van der Waals surface area (Å²) in [4.78, 5) is 22.5. The van der Waals surface area contributed by atoms with E-state index in [-0.39, 0.29) is 18.6 Å². The highest BCUT2D eigenvalue weighted by molar-refractivity contribution is 5.79. The number of nitrogens with one attached hydrogen (secondary N) is 1. The lowest BCUT2D eigenvalue weighted by Gasteiger charge is -2.29. The average Bonchev–Trinajstić information content (AvgIpc) is 2.29. The van der Waals surface area contributed by atoms with Crippen LogP contribution in [0.2, 0.25) is 0 Å². The Morgan fingerprint density at radius 2 is 2.06 bits per heavy atom. The number of ether oxygens (including phenoxy) is 1. The molecule has 0 bridgehead atoms. The van der Waals surface area contributed by atoms with Gasteiger partial charge < -0.3 is 15.2 Å². The van der Waals surface area contributed by atoms with Crippen molar-refractivity contribution in [1.82, 2.24) is 5.32 Å². The monoisotopic (exact) mass is 243 g/mol. The maximum absolute atomic E-state index is 11.5. The first-order valence-electron chi connectivity index (χ1n) is 6.25. The Kier molecular flexibility index (Phi) is 5.97. The van der Waals surface area contributed by atoms with E-state index in [9.17, 15) is 9.59 Å². The SMILES string of the molecule is CCCOCC(=O)NC1CCCCC1C(=O)O. The highest BCUT2D eigenvalue weighted by Gasteiger charge is 2.31. The van der Waals surface area contributed by atoms with Crippen molar-refractivity contribution in [3.05, 3.63) is 0 Å². The van der Waals surface area contributed by atoms with E-state index in [1.807, 2.05) is 6.92 Å². The lowest BCUT2D eigenvalue weighted by Crippen LogP contribution is -2.46. The highest BCUT2D eigenvalue weighted by atomic mass is 16.5. The predicted molar refractivity (Wildman–Crippen MR) is 62.6 cm³/mol. The van der Waals surface area contributed by atoms with Crippen LogP contribution in [-0.4, -0.2) is 36.2 Å². The van der Waals surface area contributed by atoms with E-state index >= 15 is 0 Å². The van der Waals surface area contributed by atoms with Crippen LogP contribution in [0.1, 0.15) is 39.0 Å². The zero-order valence-corrected chi connectivity index (χ0v) is 10.3. The molecule has 0 aromatic rings. The Morgan fingerprint density at radius 1 is 1.35 bits per heavy atom. The van der Waals surface area contributed by atoms with Crippen LogP contribution >= 0.6 is 0 Å². The maximum atomic E-state index is 11.5. The van der Waals surface area contributed by atoms with Crippen LogP contribution in [0.25, 0.3) is 0 Å². The fraction of sp³-hybridized carbons (Fsp3) is 0.833. The van der Waals surface area contributed by atoms with Crippen molar-refractivity contribution in [2.45, 2.75) is 45.1 Å². The minimum atomic E-state index is -0.815. The molecule has 1 aliphatic rings. The molecule has 0 saturated heterocycles. The van der Waals surface area contributed by atoms with Crippen LogP contribution in [0.15, 0.2) is 0 Å². The Bertz CT molecular complexity index is 267. The number of carbonyl (C=O) groups is 2. The molecular formula is C12H21NO4. The molecule has 98 valence electrons. The molecule has 0 radical (unpaired) electrons. The molecule has 1 amide bonds. The summed E-state index contributed by atoms with van der Waals surface area (Å²) in [6.07, 6.45) is 4.17. The second-order valence-electron chi connectivity index (χ2n) is 4.46.